The first kappa shape index (κ1) is 24.8. The van der Waals surface area contributed by atoms with Gasteiger partial charge in [-0.25, -0.2) is 13.1 Å². The van der Waals surface area contributed by atoms with Crippen LogP contribution in [0.4, 0.5) is 5.69 Å². The molecular weight excluding hydrogens is 464 g/mol. The number of amides is 1. The number of hydrogen-bond acceptors (Lipinski definition) is 5. The standard InChI is InChI=1S/C26H30N4O4S/c1-18-13-14-21(17-23(18)35(33,34)29-15-9-4-5-10-16-29)27-26(32)25(31)24-19(2)28-30(20(24)3)22-11-7-6-8-12-22/h6-8,11-14,17H,4-5,9-10,15-16H2,1-3H3,(H,27,32). The molecule has 0 atom stereocenters. The Labute approximate surface area is 206 Å². The number of Topliss-reactive ketones (excluding diaryl/α,β-unsaturated/α-hetero) is 1. The largest absolute Gasteiger partial charge is 0.319 e. The van der Waals surface area contributed by atoms with Gasteiger partial charge in [0, 0.05) is 18.8 Å². The van der Waals surface area contributed by atoms with Gasteiger partial charge in [0.2, 0.25) is 10.0 Å². The third kappa shape index (κ3) is 5.06. The Bertz CT molecular complexity index is 1360. The molecule has 3 aromatic rings. The summed E-state index contributed by atoms with van der Waals surface area (Å²) in [5, 5.41) is 7.03. The highest BCUT2D eigenvalue weighted by Crippen LogP contribution is 2.26. The van der Waals surface area contributed by atoms with Crippen molar-refractivity contribution in [2.45, 2.75) is 51.3 Å². The van der Waals surface area contributed by atoms with Gasteiger partial charge in [0.15, 0.2) is 0 Å². The molecule has 1 saturated heterocycles. The summed E-state index contributed by atoms with van der Waals surface area (Å²) in [4.78, 5) is 26.1. The average Bonchev–Trinajstić information content (AvgIpc) is 3.01. The maximum atomic E-state index is 13.3. The fourth-order valence-electron chi connectivity index (χ4n) is 4.47. The van der Waals surface area contributed by atoms with E-state index in [9.17, 15) is 18.0 Å². The van der Waals surface area contributed by atoms with E-state index in [4.69, 9.17) is 0 Å². The van der Waals surface area contributed by atoms with Gasteiger partial charge in [0.05, 0.1) is 27.5 Å². The Balaban J connectivity index is 1.58. The second-order valence-corrected chi connectivity index (χ2v) is 10.8. The van der Waals surface area contributed by atoms with Crippen LogP contribution >= 0.6 is 0 Å². The van der Waals surface area contributed by atoms with E-state index in [1.165, 1.54) is 10.4 Å². The fourth-order valence-corrected chi connectivity index (χ4v) is 6.24. The minimum absolute atomic E-state index is 0.147. The Morgan fingerprint density at radius 1 is 0.914 bits per heavy atom. The van der Waals surface area contributed by atoms with E-state index in [-0.39, 0.29) is 16.1 Å². The predicted octanol–water partition coefficient (Wildman–Crippen LogP) is 4.18. The minimum atomic E-state index is -3.70. The number of nitrogens with one attached hydrogen (secondary N) is 1. The van der Waals surface area contributed by atoms with Gasteiger partial charge in [0.25, 0.3) is 11.7 Å². The van der Waals surface area contributed by atoms with Crippen LogP contribution < -0.4 is 5.32 Å². The number of rotatable bonds is 6. The Hall–Kier alpha value is -3.30. The number of anilines is 1. The lowest BCUT2D eigenvalue weighted by atomic mass is 10.1. The van der Waals surface area contributed by atoms with Crippen molar-refractivity contribution in [3.8, 4) is 5.69 Å². The second-order valence-electron chi connectivity index (χ2n) is 8.87. The maximum absolute atomic E-state index is 13.3. The highest BCUT2D eigenvalue weighted by atomic mass is 32.2. The van der Waals surface area contributed by atoms with Crippen molar-refractivity contribution >= 4 is 27.4 Å². The summed E-state index contributed by atoms with van der Waals surface area (Å²) < 4.78 is 29.8. The monoisotopic (exact) mass is 494 g/mol. The summed E-state index contributed by atoms with van der Waals surface area (Å²) in [7, 11) is -3.70. The number of carbonyl (C=O) groups excluding carboxylic acids is 2. The van der Waals surface area contributed by atoms with Crippen molar-refractivity contribution < 1.29 is 18.0 Å². The zero-order chi connectivity index (χ0) is 25.2. The molecule has 4 rings (SSSR count). The van der Waals surface area contributed by atoms with Gasteiger partial charge in [-0.3, -0.25) is 9.59 Å². The lowest BCUT2D eigenvalue weighted by Gasteiger charge is -2.21. The Kier molecular flexibility index (Phi) is 7.18. The Morgan fingerprint density at radius 2 is 1.57 bits per heavy atom. The van der Waals surface area contributed by atoms with Crippen LogP contribution in [0.5, 0.6) is 0 Å². The summed E-state index contributed by atoms with van der Waals surface area (Å²) in [6, 6.07) is 14.1. The highest BCUT2D eigenvalue weighted by molar-refractivity contribution is 7.89. The average molecular weight is 495 g/mol. The number of aromatic nitrogens is 2. The molecule has 1 amide bonds. The Morgan fingerprint density at radius 3 is 2.23 bits per heavy atom. The topological polar surface area (TPSA) is 101 Å². The molecule has 8 nitrogen and oxygen atoms in total. The molecule has 9 heteroatoms. The number of ketones is 1. The molecule has 1 aliphatic rings. The normalized spacial score (nSPS) is 14.9. The summed E-state index contributed by atoms with van der Waals surface area (Å²) in [6.45, 7) is 6.13. The molecule has 0 radical (unpaired) electrons. The van der Waals surface area contributed by atoms with E-state index in [1.54, 1.807) is 37.6 Å². The van der Waals surface area contributed by atoms with E-state index >= 15 is 0 Å². The van der Waals surface area contributed by atoms with Crippen LogP contribution in [-0.2, 0) is 14.8 Å². The van der Waals surface area contributed by atoms with Crippen LogP contribution in [0.3, 0.4) is 0 Å². The van der Waals surface area contributed by atoms with Gasteiger partial charge in [-0.05, 0) is 63.4 Å². The van der Waals surface area contributed by atoms with Crippen molar-refractivity contribution in [2.24, 2.45) is 0 Å². The van der Waals surface area contributed by atoms with Crippen LogP contribution in [0.2, 0.25) is 0 Å². The molecule has 1 fully saturated rings. The SMILES string of the molecule is Cc1ccc(NC(=O)C(=O)c2c(C)nn(-c3ccccc3)c2C)cc1S(=O)(=O)N1CCCCCC1. The molecule has 35 heavy (non-hydrogen) atoms. The molecule has 2 aromatic carbocycles. The van der Waals surface area contributed by atoms with Crippen LogP contribution in [0, 0.1) is 20.8 Å². The molecule has 2 heterocycles. The highest BCUT2D eigenvalue weighted by Gasteiger charge is 2.28. The molecule has 0 saturated carbocycles. The van der Waals surface area contributed by atoms with Gasteiger partial charge in [0.1, 0.15) is 0 Å². The molecule has 1 aromatic heterocycles. The molecule has 1 aliphatic heterocycles. The van der Waals surface area contributed by atoms with Gasteiger partial charge in [-0.1, -0.05) is 37.1 Å². The lowest BCUT2D eigenvalue weighted by molar-refractivity contribution is -0.112. The van der Waals surface area contributed by atoms with E-state index in [2.05, 4.69) is 10.4 Å². The zero-order valence-electron chi connectivity index (χ0n) is 20.2. The zero-order valence-corrected chi connectivity index (χ0v) is 21.1. The smallest absolute Gasteiger partial charge is 0.296 e. The molecule has 0 bridgehead atoms. The van der Waals surface area contributed by atoms with Crippen molar-refractivity contribution in [3.05, 3.63) is 71.0 Å². The number of carbonyl (C=O) groups is 2. The van der Waals surface area contributed by atoms with Crippen molar-refractivity contribution in [1.29, 1.82) is 0 Å². The number of nitrogens with zero attached hydrogens (tertiary/aromatic N) is 3. The fraction of sp³-hybridized carbons (Fsp3) is 0.346. The molecule has 184 valence electrons. The van der Waals surface area contributed by atoms with E-state index in [0.717, 1.165) is 31.4 Å². The van der Waals surface area contributed by atoms with Gasteiger partial charge in [-0.15, -0.1) is 0 Å². The van der Waals surface area contributed by atoms with E-state index in [1.807, 2.05) is 30.3 Å². The van der Waals surface area contributed by atoms with Crippen LogP contribution in [0.15, 0.2) is 53.4 Å². The number of hydrogen-bond donors (Lipinski definition) is 1. The third-order valence-electron chi connectivity index (χ3n) is 6.35. The first-order valence-corrected chi connectivity index (χ1v) is 13.2. The first-order valence-electron chi connectivity index (χ1n) is 11.8. The summed E-state index contributed by atoms with van der Waals surface area (Å²) >= 11 is 0. The molecule has 0 unspecified atom stereocenters. The molecular formula is C26H30N4O4S. The number of sulfonamides is 1. The summed E-state index contributed by atoms with van der Waals surface area (Å²) in [5.41, 5.74) is 2.87. The number of benzene rings is 2. The predicted molar refractivity (Wildman–Crippen MR) is 134 cm³/mol. The number of para-hydroxylation sites is 1. The quantitative estimate of drug-likeness (QED) is 0.409. The lowest BCUT2D eigenvalue weighted by Crippen LogP contribution is -2.32. The molecule has 0 aliphatic carbocycles. The van der Waals surface area contributed by atoms with Gasteiger partial charge in [-0.2, -0.15) is 9.40 Å². The number of aryl methyl sites for hydroxylation is 2. The van der Waals surface area contributed by atoms with Gasteiger partial charge < -0.3 is 5.32 Å². The first-order chi connectivity index (χ1) is 16.7. The molecule has 1 N–H and O–H groups in total. The minimum Gasteiger partial charge on any atom is -0.319 e. The van der Waals surface area contributed by atoms with Crippen molar-refractivity contribution in [2.75, 3.05) is 18.4 Å². The van der Waals surface area contributed by atoms with E-state index < -0.39 is 21.7 Å². The van der Waals surface area contributed by atoms with Crippen LogP contribution in [0.25, 0.3) is 5.69 Å². The van der Waals surface area contributed by atoms with Crippen molar-refractivity contribution in [3.63, 3.8) is 0 Å². The summed E-state index contributed by atoms with van der Waals surface area (Å²) in [6.07, 6.45) is 3.70. The third-order valence-corrected chi connectivity index (χ3v) is 8.39. The maximum Gasteiger partial charge on any atom is 0.296 e. The van der Waals surface area contributed by atoms with E-state index in [0.29, 0.717) is 30.0 Å². The van der Waals surface area contributed by atoms with Gasteiger partial charge >= 0.3 is 0 Å². The molecule has 0 spiro atoms. The second kappa shape index (κ2) is 10.1. The van der Waals surface area contributed by atoms with Crippen LogP contribution in [-0.4, -0.2) is 47.3 Å². The van der Waals surface area contributed by atoms with Crippen molar-refractivity contribution in [1.82, 2.24) is 14.1 Å². The van der Waals surface area contributed by atoms with Crippen LogP contribution in [0.1, 0.15) is 53.0 Å². The summed E-state index contributed by atoms with van der Waals surface area (Å²) in [5.74, 6) is -1.56.